The third-order valence-electron chi connectivity index (χ3n) is 4.02. The van der Waals surface area contributed by atoms with Gasteiger partial charge < -0.3 is 0 Å². The second-order valence-corrected chi connectivity index (χ2v) is 6.90. The van der Waals surface area contributed by atoms with Gasteiger partial charge in [-0.2, -0.15) is 0 Å². The maximum Gasteiger partial charge on any atom is 0.169 e. The van der Waals surface area contributed by atoms with Gasteiger partial charge in [0.15, 0.2) is 5.78 Å². The Balaban J connectivity index is 2.31. The lowest BCUT2D eigenvalue weighted by Gasteiger charge is -2.29. The molecule has 1 aliphatic carbocycles. The van der Waals surface area contributed by atoms with Gasteiger partial charge in [-0.05, 0) is 59.3 Å². The standard InChI is InChI=1S/C16H20BrFO/c1-11(2)10-16(7-3-4-8-16)15(19)12-5-6-14(18)13(17)9-12/h5-6,9,11H,3-4,7-8,10H2,1-2H3. The van der Waals surface area contributed by atoms with Gasteiger partial charge in [0.2, 0.25) is 0 Å². The molecular formula is C16H20BrFO. The monoisotopic (exact) mass is 326 g/mol. The van der Waals surface area contributed by atoms with Gasteiger partial charge >= 0.3 is 0 Å². The fraction of sp³-hybridized carbons (Fsp3) is 0.562. The highest BCUT2D eigenvalue weighted by molar-refractivity contribution is 9.10. The van der Waals surface area contributed by atoms with Crippen LogP contribution in [0.2, 0.25) is 0 Å². The molecule has 0 amide bonds. The van der Waals surface area contributed by atoms with Crippen molar-refractivity contribution in [1.82, 2.24) is 0 Å². The third kappa shape index (κ3) is 3.07. The molecule has 0 aromatic heterocycles. The lowest BCUT2D eigenvalue weighted by molar-refractivity contribution is 0.0760. The number of hydrogen-bond donors (Lipinski definition) is 0. The summed E-state index contributed by atoms with van der Waals surface area (Å²) < 4.78 is 13.7. The molecule has 1 saturated carbocycles. The highest BCUT2D eigenvalue weighted by Gasteiger charge is 2.41. The minimum atomic E-state index is -0.319. The molecule has 1 fully saturated rings. The van der Waals surface area contributed by atoms with Crippen molar-refractivity contribution in [3.8, 4) is 0 Å². The van der Waals surface area contributed by atoms with Gasteiger partial charge in [0.25, 0.3) is 0 Å². The summed E-state index contributed by atoms with van der Waals surface area (Å²) in [6.07, 6.45) is 5.13. The van der Waals surface area contributed by atoms with Crippen LogP contribution in [0.1, 0.15) is 56.3 Å². The minimum Gasteiger partial charge on any atom is -0.294 e. The van der Waals surface area contributed by atoms with Crippen LogP contribution in [0.3, 0.4) is 0 Å². The number of halogens is 2. The van der Waals surface area contributed by atoms with E-state index in [1.807, 2.05) is 0 Å². The van der Waals surface area contributed by atoms with E-state index < -0.39 is 0 Å². The Labute approximate surface area is 122 Å². The predicted molar refractivity (Wildman–Crippen MR) is 78.8 cm³/mol. The smallest absolute Gasteiger partial charge is 0.169 e. The second kappa shape index (κ2) is 5.74. The molecule has 0 N–H and O–H groups in total. The van der Waals surface area contributed by atoms with Crippen molar-refractivity contribution in [2.75, 3.05) is 0 Å². The maximum atomic E-state index is 13.3. The first-order valence-corrected chi connectivity index (χ1v) is 7.74. The summed E-state index contributed by atoms with van der Waals surface area (Å²) >= 11 is 3.16. The molecule has 3 heteroatoms. The fourth-order valence-corrected chi connectivity index (χ4v) is 3.68. The molecule has 1 aromatic rings. The zero-order chi connectivity index (χ0) is 14.0. The number of rotatable bonds is 4. The Bertz CT molecular complexity index is 476. The summed E-state index contributed by atoms with van der Waals surface area (Å²) in [5.41, 5.74) is 0.418. The first-order valence-electron chi connectivity index (χ1n) is 6.94. The zero-order valence-electron chi connectivity index (χ0n) is 11.5. The Hall–Kier alpha value is -0.700. The van der Waals surface area contributed by atoms with Crippen molar-refractivity contribution in [2.24, 2.45) is 11.3 Å². The number of carbonyl (C=O) groups is 1. The number of benzene rings is 1. The van der Waals surface area contributed by atoms with E-state index in [4.69, 9.17) is 0 Å². The molecular weight excluding hydrogens is 307 g/mol. The van der Waals surface area contributed by atoms with Crippen molar-refractivity contribution in [2.45, 2.75) is 46.0 Å². The molecule has 0 spiro atoms. The number of Topliss-reactive ketones (excluding diaryl/α,β-unsaturated/α-hetero) is 1. The van der Waals surface area contributed by atoms with Crippen LogP contribution in [0.15, 0.2) is 22.7 Å². The van der Waals surface area contributed by atoms with Gasteiger partial charge in [-0.3, -0.25) is 4.79 Å². The molecule has 0 atom stereocenters. The molecule has 0 unspecified atom stereocenters. The minimum absolute atomic E-state index is 0.194. The summed E-state index contributed by atoms with van der Waals surface area (Å²) in [4.78, 5) is 12.8. The second-order valence-electron chi connectivity index (χ2n) is 6.04. The van der Waals surface area contributed by atoms with E-state index in [0.29, 0.717) is 16.0 Å². The van der Waals surface area contributed by atoms with E-state index in [1.165, 1.54) is 6.07 Å². The molecule has 0 bridgehead atoms. The van der Waals surface area contributed by atoms with E-state index >= 15 is 0 Å². The molecule has 0 radical (unpaired) electrons. The highest BCUT2D eigenvalue weighted by atomic mass is 79.9. The van der Waals surface area contributed by atoms with Crippen molar-refractivity contribution in [1.29, 1.82) is 0 Å². The number of ketones is 1. The van der Waals surface area contributed by atoms with Crippen LogP contribution in [-0.4, -0.2) is 5.78 Å². The van der Waals surface area contributed by atoms with E-state index in [9.17, 15) is 9.18 Å². The SMILES string of the molecule is CC(C)CC1(C(=O)c2ccc(F)c(Br)c2)CCCC1. The number of hydrogen-bond acceptors (Lipinski definition) is 1. The summed E-state index contributed by atoms with van der Waals surface area (Å²) in [5.74, 6) is 0.381. The van der Waals surface area contributed by atoms with Crippen molar-refractivity contribution in [3.63, 3.8) is 0 Å². The molecule has 0 heterocycles. The summed E-state index contributed by atoms with van der Waals surface area (Å²) in [7, 11) is 0. The third-order valence-corrected chi connectivity index (χ3v) is 4.63. The van der Waals surface area contributed by atoms with E-state index in [0.717, 1.165) is 32.1 Å². The van der Waals surface area contributed by atoms with Crippen molar-refractivity contribution in [3.05, 3.63) is 34.1 Å². The average Bonchev–Trinajstić information content (AvgIpc) is 2.80. The van der Waals surface area contributed by atoms with Crippen LogP contribution in [0.4, 0.5) is 4.39 Å². The predicted octanol–water partition coefficient (Wildman–Crippen LogP) is 5.38. The quantitative estimate of drug-likeness (QED) is 0.679. The molecule has 1 aliphatic rings. The van der Waals surface area contributed by atoms with Gasteiger partial charge in [-0.15, -0.1) is 0 Å². The normalized spacial score (nSPS) is 17.9. The molecule has 0 aliphatic heterocycles. The van der Waals surface area contributed by atoms with Crippen LogP contribution in [0.25, 0.3) is 0 Å². The van der Waals surface area contributed by atoms with E-state index in [1.54, 1.807) is 12.1 Å². The topological polar surface area (TPSA) is 17.1 Å². The molecule has 2 rings (SSSR count). The molecule has 1 nitrogen and oxygen atoms in total. The Kier molecular flexibility index (Phi) is 4.44. The van der Waals surface area contributed by atoms with Crippen LogP contribution in [-0.2, 0) is 0 Å². The Morgan fingerprint density at radius 1 is 1.37 bits per heavy atom. The van der Waals surface area contributed by atoms with Gasteiger partial charge in [-0.25, -0.2) is 4.39 Å². The summed E-state index contributed by atoms with van der Waals surface area (Å²) in [5, 5.41) is 0. The van der Waals surface area contributed by atoms with Crippen LogP contribution >= 0.6 is 15.9 Å². The first-order chi connectivity index (χ1) is 8.94. The van der Waals surface area contributed by atoms with Crippen LogP contribution in [0.5, 0.6) is 0 Å². The van der Waals surface area contributed by atoms with Crippen molar-refractivity contribution < 1.29 is 9.18 Å². The van der Waals surface area contributed by atoms with Crippen molar-refractivity contribution >= 4 is 21.7 Å². The van der Waals surface area contributed by atoms with E-state index in [-0.39, 0.29) is 17.0 Å². The summed E-state index contributed by atoms with van der Waals surface area (Å²) in [6, 6.07) is 4.61. The molecule has 0 saturated heterocycles. The first kappa shape index (κ1) is 14.7. The van der Waals surface area contributed by atoms with Gasteiger partial charge in [0.05, 0.1) is 4.47 Å². The largest absolute Gasteiger partial charge is 0.294 e. The zero-order valence-corrected chi connectivity index (χ0v) is 13.1. The number of carbonyl (C=O) groups excluding carboxylic acids is 1. The maximum absolute atomic E-state index is 13.3. The van der Waals surface area contributed by atoms with Crippen LogP contribution in [0, 0.1) is 17.2 Å². The highest BCUT2D eigenvalue weighted by Crippen LogP contribution is 2.45. The molecule has 1 aromatic carbocycles. The van der Waals surface area contributed by atoms with E-state index in [2.05, 4.69) is 29.8 Å². The fourth-order valence-electron chi connectivity index (χ4n) is 3.30. The Morgan fingerprint density at radius 2 is 2.00 bits per heavy atom. The average molecular weight is 327 g/mol. The van der Waals surface area contributed by atoms with Crippen LogP contribution < -0.4 is 0 Å². The summed E-state index contributed by atoms with van der Waals surface area (Å²) in [6.45, 7) is 4.32. The lowest BCUT2D eigenvalue weighted by Crippen LogP contribution is -2.30. The molecule has 19 heavy (non-hydrogen) atoms. The lowest BCUT2D eigenvalue weighted by atomic mass is 9.73. The van der Waals surface area contributed by atoms with Gasteiger partial charge in [0.1, 0.15) is 5.82 Å². The Morgan fingerprint density at radius 3 is 2.53 bits per heavy atom. The molecule has 104 valence electrons. The van der Waals surface area contributed by atoms with Gasteiger partial charge in [-0.1, -0.05) is 26.7 Å². The van der Waals surface area contributed by atoms with Gasteiger partial charge in [0, 0.05) is 11.0 Å².